The molecule has 0 aliphatic heterocycles. The maximum atomic E-state index is 13.8. The Morgan fingerprint density at radius 1 is 1.10 bits per heavy atom. The summed E-state index contributed by atoms with van der Waals surface area (Å²) in [6.07, 6.45) is 0.852. The number of carbonyl (C=O) groups excluding carboxylic acids is 1. The summed E-state index contributed by atoms with van der Waals surface area (Å²) in [7, 11) is 1.88. The Bertz CT molecular complexity index is 595. The van der Waals surface area contributed by atoms with Crippen molar-refractivity contribution in [2.45, 2.75) is 13.3 Å². The molecular formula is C17H18FNO. The minimum absolute atomic E-state index is 0.170. The number of Topliss-reactive ketones (excluding diaryl/α,β-unsaturated/α-hetero) is 1. The highest BCUT2D eigenvalue weighted by atomic mass is 19.1. The van der Waals surface area contributed by atoms with Crippen molar-refractivity contribution in [3.8, 4) is 0 Å². The largest absolute Gasteiger partial charge is 0.374 e. The van der Waals surface area contributed by atoms with Crippen molar-refractivity contribution in [1.29, 1.82) is 0 Å². The normalized spacial score (nSPS) is 10.3. The van der Waals surface area contributed by atoms with Crippen LogP contribution in [0.25, 0.3) is 0 Å². The van der Waals surface area contributed by atoms with E-state index in [0.717, 1.165) is 13.0 Å². The zero-order valence-corrected chi connectivity index (χ0v) is 11.8. The van der Waals surface area contributed by atoms with Crippen LogP contribution in [0.2, 0.25) is 0 Å². The Labute approximate surface area is 118 Å². The van der Waals surface area contributed by atoms with Gasteiger partial charge >= 0.3 is 0 Å². The molecule has 0 spiro atoms. The molecule has 0 aliphatic carbocycles. The monoisotopic (exact) mass is 271 g/mol. The van der Waals surface area contributed by atoms with Crippen molar-refractivity contribution in [3.05, 3.63) is 65.5 Å². The second-order valence-electron chi connectivity index (χ2n) is 4.85. The van der Waals surface area contributed by atoms with E-state index in [2.05, 4.69) is 12.1 Å². The maximum absolute atomic E-state index is 13.8. The van der Waals surface area contributed by atoms with Crippen molar-refractivity contribution < 1.29 is 9.18 Å². The predicted molar refractivity (Wildman–Crippen MR) is 79.8 cm³/mol. The van der Waals surface area contributed by atoms with Crippen molar-refractivity contribution >= 4 is 11.5 Å². The van der Waals surface area contributed by atoms with E-state index >= 15 is 0 Å². The number of rotatable bonds is 5. The Balaban J connectivity index is 2.15. The van der Waals surface area contributed by atoms with Gasteiger partial charge in [0.25, 0.3) is 0 Å². The van der Waals surface area contributed by atoms with Crippen LogP contribution < -0.4 is 4.90 Å². The van der Waals surface area contributed by atoms with E-state index in [1.165, 1.54) is 18.6 Å². The zero-order valence-electron chi connectivity index (χ0n) is 11.8. The van der Waals surface area contributed by atoms with E-state index in [1.54, 1.807) is 12.1 Å². The summed E-state index contributed by atoms with van der Waals surface area (Å²) in [4.78, 5) is 13.5. The van der Waals surface area contributed by atoms with E-state index in [4.69, 9.17) is 0 Å². The molecule has 3 heteroatoms. The number of carbonyl (C=O) groups is 1. The number of halogens is 1. The third-order valence-electron chi connectivity index (χ3n) is 3.33. The van der Waals surface area contributed by atoms with Crippen molar-refractivity contribution in [2.75, 3.05) is 18.5 Å². The van der Waals surface area contributed by atoms with Crippen LogP contribution in [0, 0.1) is 5.82 Å². The molecule has 0 aliphatic rings. The summed E-state index contributed by atoms with van der Waals surface area (Å²) in [5, 5.41) is 0. The number of nitrogens with zero attached hydrogens (tertiary/aromatic N) is 1. The molecule has 0 unspecified atom stereocenters. The molecule has 0 amide bonds. The van der Waals surface area contributed by atoms with E-state index in [1.807, 2.05) is 30.1 Å². The van der Waals surface area contributed by atoms with Gasteiger partial charge in [0.1, 0.15) is 5.82 Å². The van der Waals surface area contributed by atoms with Gasteiger partial charge in [-0.1, -0.05) is 36.4 Å². The molecule has 0 saturated heterocycles. The highest BCUT2D eigenvalue weighted by Crippen LogP contribution is 2.23. The van der Waals surface area contributed by atoms with Crippen LogP contribution in [-0.4, -0.2) is 19.4 Å². The number of hydrogen-bond donors (Lipinski definition) is 0. The molecule has 0 aromatic heterocycles. The second kappa shape index (κ2) is 6.33. The molecule has 104 valence electrons. The molecule has 0 fully saturated rings. The fraction of sp³-hybridized carbons (Fsp3) is 0.235. The number of hydrogen-bond acceptors (Lipinski definition) is 2. The lowest BCUT2D eigenvalue weighted by atomic mass is 10.1. The Kier molecular flexibility index (Phi) is 4.51. The van der Waals surface area contributed by atoms with E-state index < -0.39 is 5.82 Å². The van der Waals surface area contributed by atoms with E-state index in [0.29, 0.717) is 5.69 Å². The molecule has 0 N–H and O–H groups in total. The number of anilines is 1. The summed E-state index contributed by atoms with van der Waals surface area (Å²) >= 11 is 0. The van der Waals surface area contributed by atoms with Gasteiger partial charge < -0.3 is 4.90 Å². The topological polar surface area (TPSA) is 20.3 Å². The van der Waals surface area contributed by atoms with Gasteiger partial charge in [-0.25, -0.2) is 4.39 Å². The summed E-state index contributed by atoms with van der Waals surface area (Å²) in [5.41, 5.74) is 2.04. The molecule has 2 aromatic carbocycles. The van der Waals surface area contributed by atoms with Gasteiger partial charge in [0.05, 0.1) is 11.3 Å². The molecule has 0 atom stereocenters. The van der Waals surface area contributed by atoms with Crippen LogP contribution in [0.1, 0.15) is 22.8 Å². The third kappa shape index (κ3) is 3.23. The van der Waals surface area contributed by atoms with Gasteiger partial charge in [-0.2, -0.15) is 0 Å². The van der Waals surface area contributed by atoms with Crippen molar-refractivity contribution in [1.82, 2.24) is 0 Å². The maximum Gasteiger partial charge on any atom is 0.164 e. The SMILES string of the molecule is CC(=O)c1c(F)cccc1N(C)CCc1ccccc1. The summed E-state index contributed by atoms with van der Waals surface area (Å²) in [6, 6.07) is 14.8. The standard InChI is InChI=1S/C17H18FNO/c1-13(20)17-15(18)9-6-10-16(17)19(2)12-11-14-7-4-3-5-8-14/h3-10H,11-12H2,1-2H3. The first kappa shape index (κ1) is 14.3. The van der Waals surface area contributed by atoms with Crippen LogP contribution in [0.4, 0.5) is 10.1 Å². The average Bonchev–Trinajstić information content (AvgIpc) is 2.45. The Morgan fingerprint density at radius 3 is 2.45 bits per heavy atom. The van der Waals surface area contributed by atoms with E-state index in [9.17, 15) is 9.18 Å². The smallest absolute Gasteiger partial charge is 0.164 e. The Hall–Kier alpha value is -2.16. The quantitative estimate of drug-likeness (QED) is 0.773. The second-order valence-corrected chi connectivity index (χ2v) is 4.85. The minimum Gasteiger partial charge on any atom is -0.374 e. The van der Waals surface area contributed by atoms with Crippen LogP contribution in [-0.2, 0) is 6.42 Å². The molecule has 0 saturated carbocycles. The summed E-state index contributed by atoms with van der Waals surface area (Å²) < 4.78 is 13.8. The van der Waals surface area contributed by atoms with Gasteiger partial charge in [-0.3, -0.25) is 4.79 Å². The van der Waals surface area contributed by atoms with Gasteiger partial charge in [0.2, 0.25) is 0 Å². The highest BCUT2D eigenvalue weighted by Gasteiger charge is 2.15. The van der Waals surface area contributed by atoms with Gasteiger partial charge in [0.15, 0.2) is 5.78 Å². The van der Waals surface area contributed by atoms with E-state index in [-0.39, 0.29) is 11.3 Å². The fourth-order valence-corrected chi connectivity index (χ4v) is 2.24. The molecule has 20 heavy (non-hydrogen) atoms. The summed E-state index contributed by atoms with van der Waals surface area (Å²) in [5.74, 6) is -0.703. The first-order valence-corrected chi connectivity index (χ1v) is 6.64. The summed E-state index contributed by atoms with van der Waals surface area (Å²) in [6.45, 7) is 2.13. The predicted octanol–water partition coefficient (Wildman–Crippen LogP) is 3.71. The van der Waals surface area contributed by atoms with Gasteiger partial charge in [-0.15, -0.1) is 0 Å². The third-order valence-corrected chi connectivity index (χ3v) is 3.33. The first-order chi connectivity index (χ1) is 9.59. The lowest BCUT2D eigenvalue weighted by Gasteiger charge is -2.22. The molecule has 0 heterocycles. The number of benzene rings is 2. The molecule has 2 aromatic rings. The lowest BCUT2D eigenvalue weighted by molar-refractivity contribution is 0.101. The van der Waals surface area contributed by atoms with Gasteiger partial charge in [0, 0.05) is 13.6 Å². The molecule has 2 rings (SSSR count). The van der Waals surface area contributed by atoms with Crippen LogP contribution in [0.5, 0.6) is 0 Å². The molecule has 2 nitrogen and oxygen atoms in total. The van der Waals surface area contributed by atoms with Crippen molar-refractivity contribution in [2.24, 2.45) is 0 Å². The van der Waals surface area contributed by atoms with Crippen LogP contribution >= 0.6 is 0 Å². The molecule has 0 radical (unpaired) electrons. The zero-order chi connectivity index (χ0) is 14.5. The lowest BCUT2D eigenvalue weighted by Crippen LogP contribution is -2.23. The van der Waals surface area contributed by atoms with Crippen LogP contribution in [0.15, 0.2) is 48.5 Å². The number of likely N-dealkylation sites (N-methyl/N-ethyl adjacent to an activating group) is 1. The first-order valence-electron chi connectivity index (χ1n) is 6.64. The van der Waals surface area contributed by atoms with Gasteiger partial charge in [-0.05, 0) is 31.0 Å². The minimum atomic E-state index is -0.457. The molecule has 0 bridgehead atoms. The Morgan fingerprint density at radius 2 is 1.80 bits per heavy atom. The average molecular weight is 271 g/mol. The molecular weight excluding hydrogens is 253 g/mol. The highest BCUT2D eigenvalue weighted by molar-refractivity contribution is 6.00. The van der Waals surface area contributed by atoms with Crippen molar-refractivity contribution in [3.63, 3.8) is 0 Å². The fourth-order valence-electron chi connectivity index (χ4n) is 2.24. The number of ketones is 1. The van der Waals surface area contributed by atoms with Crippen LogP contribution in [0.3, 0.4) is 0 Å².